The number of rotatable bonds is 4. The van der Waals surface area contributed by atoms with Crippen LogP contribution in [0, 0.1) is 29.1 Å². The van der Waals surface area contributed by atoms with E-state index in [2.05, 4.69) is 11.4 Å². The van der Waals surface area contributed by atoms with Crippen molar-refractivity contribution in [3.63, 3.8) is 0 Å². The number of aromatic nitrogens is 1. The fourth-order valence-electron chi connectivity index (χ4n) is 3.87. The topological polar surface area (TPSA) is 40.8 Å². The summed E-state index contributed by atoms with van der Waals surface area (Å²) in [5.41, 5.74) is 1.96. The molecule has 18 heavy (non-hydrogen) atoms. The molecule has 1 aromatic rings. The number of aryl methyl sites for hydroxylation is 1. The molecule has 0 amide bonds. The molecule has 1 aromatic heterocycles. The highest BCUT2D eigenvalue weighted by Gasteiger charge is 2.38. The van der Waals surface area contributed by atoms with E-state index in [1.165, 1.54) is 31.2 Å². The van der Waals surface area contributed by atoms with Gasteiger partial charge in [0.15, 0.2) is 0 Å². The lowest BCUT2D eigenvalue weighted by Gasteiger charge is -2.21. The molecule has 2 fully saturated rings. The third-order valence-electron chi connectivity index (χ3n) is 4.80. The largest absolute Gasteiger partial charge is 0.342 e. The van der Waals surface area contributed by atoms with Gasteiger partial charge < -0.3 is 9.88 Å². The van der Waals surface area contributed by atoms with Crippen LogP contribution in [0.25, 0.3) is 0 Å². The highest BCUT2D eigenvalue weighted by Crippen LogP contribution is 2.47. The monoisotopic (exact) mass is 243 g/mol. The molecule has 0 spiro atoms. The van der Waals surface area contributed by atoms with Crippen LogP contribution in [0.5, 0.6) is 0 Å². The van der Waals surface area contributed by atoms with Crippen molar-refractivity contribution in [3.05, 3.63) is 23.5 Å². The van der Waals surface area contributed by atoms with E-state index in [-0.39, 0.29) is 0 Å². The van der Waals surface area contributed by atoms with Gasteiger partial charge >= 0.3 is 0 Å². The zero-order valence-electron chi connectivity index (χ0n) is 11.0. The lowest BCUT2D eigenvalue weighted by molar-refractivity contribution is 0.318. The number of fused-ring (bicyclic) bond motifs is 2. The standard InChI is InChI=1S/C15H21N3/c1-18-10-12(6-15(18)7-16)8-17-9-14-5-11-2-3-13(14)4-11/h6,10-11,13-14,17H,2-5,8-9H2,1H3. The van der Waals surface area contributed by atoms with E-state index in [9.17, 15) is 0 Å². The van der Waals surface area contributed by atoms with Crippen molar-refractivity contribution in [1.82, 2.24) is 9.88 Å². The molecule has 2 aliphatic rings. The molecule has 0 aromatic carbocycles. The fraction of sp³-hybridized carbons (Fsp3) is 0.667. The normalized spacial score (nSPS) is 29.7. The van der Waals surface area contributed by atoms with Crippen molar-refractivity contribution in [2.24, 2.45) is 24.8 Å². The van der Waals surface area contributed by atoms with Crippen LogP contribution in [0.2, 0.25) is 0 Å². The number of nitrogens with one attached hydrogen (secondary N) is 1. The van der Waals surface area contributed by atoms with Gasteiger partial charge in [-0.3, -0.25) is 0 Å². The molecule has 96 valence electrons. The van der Waals surface area contributed by atoms with E-state index in [0.717, 1.165) is 36.5 Å². The average Bonchev–Trinajstić information content (AvgIpc) is 3.04. The molecular formula is C15H21N3. The second-order valence-corrected chi connectivity index (χ2v) is 6.02. The van der Waals surface area contributed by atoms with Crippen LogP contribution in [0.15, 0.2) is 12.3 Å². The summed E-state index contributed by atoms with van der Waals surface area (Å²) < 4.78 is 1.90. The SMILES string of the molecule is Cn1cc(CNCC2CC3CCC2C3)cc1C#N. The molecule has 1 N–H and O–H groups in total. The van der Waals surface area contributed by atoms with E-state index in [4.69, 9.17) is 5.26 Å². The highest BCUT2D eigenvalue weighted by atomic mass is 14.9. The van der Waals surface area contributed by atoms with E-state index in [0.29, 0.717) is 0 Å². The maximum Gasteiger partial charge on any atom is 0.120 e. The van der Waals surface area contributed by atoms with Gasteiger partial charge in [0.05, 0.1) is 0 Å². The van der Waals surface area contributed by atoms with Gasteiger partial charge in [-0.1, -0.05) is 6.42 Å². The lowest BCUT2D eigenvalue weighted by atomic mass is 9.89. The van der Waals surface area contributed by atoms with E-state index >= 15 is 0 Å². The molecule has 1 heterocycles. The summed E-state index contributed by atoms with van der Waals surface area (Å²) >= 11 is 0. The predicted octanol–water partition coefficient (Wildman–Crippen LogP) is 2.42. The summed E-state index contributed by atoms with van der Waals surface area (Å²) in [5, 5.41) is 12.5. The number of nitriles is 1. The molecule has 0 aliphatic heterocycles. The van der Waals surface area contributed by atoms with Crippen LogP contribution in [0.3, 0.4) is 0 Å². The molecule has 3 nitrogen and oxygen atoms in total. The Kier molecular flexibility index (Phi) is 3.13. The van der Waals surface area contributed by atoms with Crippen LogP contribution in [0.4, 0.5) is 0 Å². The van der Waals surface area contributed by atoms with Crippen molar-refractivity contribution in [1.29, 1.82) is 5.26 Å². The Balaban J connectivity index is 1.48. The van der Waals surface area contributed by atoms with Gasteiger partial charge in [-0.05, 0) is 55.2 Å². The van der Waals surface area contributed by atoms with E-state index in [1.807, 2.05) is 23.9 Å². The number of nitrogens with zero attached hydrogens (tertiary/aromatic N) is 2. The van der Waals surface area contributed by atoms with Gasteiger partial charge in [-0.15, -0.1) is 0 Å². The third kappa shape index (κ3) is 2.18. The van der Waals surface area contributed by atoms with Crippen molar-refractivity contribution in [2.45, 2.75) is 32.2 Å². The van der Waals surface area contributed by atoms with Crippen LogP contribution in [-0.2, 0) is 13.6 Å². The Bertz CT molecular complexity index is 469. The zero-order chi connectivity index (χ0) is 12.5. The maximum atomic E-state index is 8.91. The smallest absolute Gasteiger partial charge is 0.120 e. The van der Waals surface area contributed by atoms with Gasteiger partial charge in [-0.2, -0.15) is 5.26 Å². The Morgan fingerprint density at radius 1 is 1.44 bits per heavy atom. The molecule has 2 bridgehead atoms. The van der Waals surface area contributed by atoms with Gasteiger partial charge in [0.1, 0.15) is 11.8 Å². The summed E-state index contributed by atoms with van der Waals surface area (Å²) in [6, 6.07) is 4.18. The molecule has 0 saturated heterocycles. The summed E-state index contributed by atoms with van der Waals surface area (Å²) in [6.07, 6.45) is 7.91. The molecule has 3 heteroatoms. The van der Waals surface area contributed by atoms with Crippen molar-refractivity contribution < 1.29 is 0 Å². The summed E-state index contributed by atoms with van der Waals surface area (Å²) in [5.74, 6) is 2.93. The first-order valence-electron chi connectivity index (χ1n) is 7.02. The highest BCUT2D eigenvalue weighted by molar-refractivity contribution is 5.28. The average molecular weight is 243 g/mol. The Labute approximate surface area is 109 Å². The summed E-state index contributed by atoms with van der Waals surface area (Å²) in [7, 11) is 1.93. The molecule has 0 radical (unpaired) electrons. The zero-order valence-corrected chi connectivity index (χ0v) is 11.0. The first kappa shape index (κ1) is 11.8. The lowest BCUT2D eigenvalue weighted by Crippen LogP contribution is -2.26. The predicted molar refractivity (Wildman–Crippen MR) is 70.8 cm³/mol. The molecule has 3 unspecified atom stereocenters. The van der Waals surface area contributed by atoms with E-state index < -0.39 is 0 Å². The molecule has 3 rings (SSSR count). The minimum Gasteiger partial charge on any atom is -0.342 e. The third-order valence-corrected chi connectivity index (χ3v) is 4.80. The van der Waals surface area contributed by atoms with Gasteiger partial charge in [-0.25, -0.2) is 0 Å². The van der Waals surface area contributed by atoms with E-state index in [1.54, 1.807) is 0 Å². The fourth-order valence-corrected chi connectivity index (χ4v) is 3.87. The first-order chi connectivity index (χ1) is 8.76. The van der Waals surface area contributed by atoms with Gasteiger partial charge in [0.2, 0.25) is 0 Å². The van der Waals surface area contributed by atoms with Gasteiger partial charge in [0, 0.05) is 19.8 Å². The second-order valence-electron chi connectivity index (χ2n) is 6.02. The van der Waals surface area contributed by atoms with Gasteiger partial charge in [0.25, 0.3) is 0 Å². The van der Waals surface area contributed by atoms with Crippen molar-refractivity contribution in [3.8, 4) is 6.07 Å². The second kappa shape index (κ2) is 4.78. The van der Waals surface area contributed by atoms with Crippen LogP contribution in [0.1, 0.15) is 36.9 Å². The minimum atomic E-state index is 0.742. The summed E-state index contributed by atoms with van der Waals surface area (Å²) in [4.78, 5) is 0. The Morgan fingerprint density at radius 2 is 2.33 bits per heavy atom. The summed E-state index contributed by atoms with van der Waals surface area (Å²) in [6.45, 7) is 2.04. The first-order valence-corrected chi connectivity index (χ1v) is 7.02. The van der Waals surface area contributed by atoms with Crippen LogP contribution in [-0.4, -0.2) is 11.1 Å². The molecule has 2 saturated carbocycles. The molecule has 2 aliphatic carbocycles. The van der Waals surface area contributed by atoms with Crippen molar-refractivity contribution in [2.75, 3.05) is 6.54 Å². The minimum absolute atomic E-state index is 0.742. The number of hydrogen-bond donors (Lipinski definition) is 1. The molecular weight excluding hydrogens is 222 g/mol. The Hall–Kier alpha value is -1.27. The Morgan fingerprint density at radius 3 is 2.94 bits per heavy atom. The van der Waals surface area contributed by atoms with Crippen molar-refractivity contribution >= 4 is 0 Å². The maximum absolute atomic E-state index is 8.91. The van der Waals surface area contributed by atoms with Crippen LogP contribution < -0.4 is 5.32 Å². The number of hydrogen-bond acceptors (Lipinski definition) is 2. The van der Waals surface area contributed by atoms with Crippen LogP contribution >= 0.6 is 0 Å². The molecule has 3 atom stereocenters. The quantitative estimate of drug-likeness (QED) is 0.882.